The van der Waals surface area contributed by atoms with Crippen LogP contribution in [-0.2, 0) is 21.4 Å². The molecule has 0 atom stereocenters. The molecule has 0 radical (unpaired) electrons. The van der Waals surface area contributed by atoms with Gasteiger partial charge in [-0.2, -0.15) is 0 Å². The maximum absolute atomic E-state index is 13.0. The number of para-hydroxylation sites is 1. The van der Waals surface area contributed by atoms with E-state index in [2.05, 4.69) is 5.32 Å². The predicted molar refractivity (Wildman–Crippen MR) is 146 cm³/mol. The molecule has 8 nitrogen and oxygen atoms in total. The molecule has 3 aromatic rings. The molecule has 0 saturated carbocycles. The number of nitrogens with zero attached hydrogens (tertiary/aromatic N) is 2. The van der Waals surface area contributed by atoms with E-state index in [1.54, 1.807) is 6.08 Å². The summed E-state index contributed by atoms with van der Waals surface area (Å²) in [7, 11) is 1.94. The molecule has 192 valence electrons. The second-order valence-corrected chi connectivity index (χ2v) is 9.98. The van der Waals surface area contributed by atoms with E-state index >= 15 is 0 Å². The summed E-state index contributed by atoms with van der Waals surface area (Å²) >= 11 is 6.93. The summed E-state index contributed by atoms with van der Waals surface area (Å²) in [6, 6.07) is 12.2. The number of rotatable bonds is 8. The Bertz CT molecular complexity index is 1450. The van der Waals surface area contributed by atoms with E-state index < -0.39 is 29.6 Å². The Morgan fingerprint density at radius 3 is 2.68 bits per heavy atom. The van der Waals surface area contributed by atoms with Crippen molar-refractivity contribution in [3.05, 3.63) is 69.2 Å². The standard InChI is InChI=1S/C27H26ClN3O5S/c1-4-5-12-36-26(34)20-13-17(10-11-21(20)28)29-24(32)15-31-25(33)23(37-27(31)35)14-19-16(2)30(3)22-9-7-6-8-18(19)22/h6-11,13-14H,4-5,12,15H2,1-3H3,(H,29,32)/b23-14-. The second kappa shape index (κ2) is 11.2. The van der Waals surface area contributed by atoms with Crippen LogP contribution >= 0.6 is 23.4 Å². The van der Waals surface area contributed by atoms with Gasteiger partial charge in [-0.1, -0.05) is 43.1 Å². The predicted octanol–water partition coefficient (Wildman–Crippen LogP) is 5.77. The summed E-state index contributed by atoms with van der Waals surface area (Å²) < 4.78 is 7.22. The summed E-state index contributed by atoms with van der Waals surface area (Å²) in [6.07, 6.45) is 3.31. The topological polar surface area (TPSA) is 97.7 Å². The van der Waals surface area contributed by atoms with Crippen molar-refractivity contribution >= 4 is 69.1 Å². The molecule has 1 fully saturated rings. The first-order valence-electron chi connectivity index (χ1n) is 11.8. The lowest BCUT2D eigenvalue weighted by Crippen LogP contribution is -2.36. The van der Waals surface area contributed by atoms with Gasteiger partial charge >= 0.3 is 5.97 Å². The zero-order valence-electron chi connectivity index (χ0n) is 20.7. The monoisotopic (exact) mass is 539 g/mol. The molecule has 1 saturated heterocycles. The van der Waals surface area contributed by atoms with Crippen LogP contribution in [0.3, 0.4) is 0 Å². The Kier molecular flexibility index (Phi) is 8.04. The molecule has 10 heteroatoms. The van der Waals surface area contributed by atoms with Gasteiger partial charge in [0.15, 0.2) is 0 Å². The Hall–Kier alpha value is -3.56. The Balaban J connectivity index is 1.47. The minimum Gasteiger partial charge on any atom is -0.462 e. The number of imide groups is 1. The molecular formula is C27H26ClN3O5S. The lowest BCUT2D eigenvalue weighted by Gasteiger charge is -2.13. The fourth-order valence-electron chi connectivity index (χ4n) is 3.99. The molecule has 0 spiro atoms. The number of amides is 3. The van der Waals surface area contributed by atoms with Crippen molar-refractivity contribution in [1.82, 2.24) is 9.47 Å². The smallest absolute Gasteiger partial charge is 0.339 e. The SMILES string of the molecule is CCCCOC(=O)c1cc(NC(=O)CN2C(=O)S/C(=C\c3c(C)n(C)c4ccccc34)C2=O)ccc1Cl. The van der Waals surface area contributed by atoms with Crippen molar-refractivity contribution in [3.63, 3.8) is 0 Å². The van der Waals surface area contributed by atoms with Crippen molar-refractivity contribution in [1.29, 1.82) is 0 Å². The summed E-state index contributed by atoms with van der Waals surface area (Å²) in [4.78, 5) is 51.8. The maximum Gasteiger partial charge on any atom is 0.339 e. The van der Waals surface area contributed by atoms with Gasteiger partial charge in [0.1, 0.15) is 6.54 Å². The van der Waals surface area contributed by atoms with E-state index in [1.807, 2.05) is 49.7 Å². The van der Waals surface area contributed by atoms with Crippen LogP contribution in [0.15, 0.2) is 47.4 Å². The minimum absolute atomic E-state index is 0.120. The average Bonchev–Trinajstić information content (AvgIpc) is 3.28. The number of nitrogens with one attached hydrogen (secondary N) is 1. The highest BCUT2D eigenvalue weighted by atomic mass is 35.5. The fraction of sp³-hybridized carbons (Fsp3) is 0.259. The maximum atomic E-state index is 13.0. The highest BCUT2D eigenvalue weighted by Crippen LogP contribution is 2.35. The quantitative estimate of drug-likeness (QED) is 0.222. The number of halogens is 1. The second-order valence-electron chi connectivity index (χ2n) is 8.58. The average molecular weight is 540 g/mol. The molecule has 1 aliphatic rings. The number of carbonyl (C=O) groups is 4. The summed E-state index contributed by atoms with van der Waals surface area (Å²) in [5, 5.41) is 3.26. The zero-order valence-corrected chi connectivity index (χ0v) is 22.2. The number of unbranched alkanes of at least 4 members (excludes halogenated alkanes) is 1. The van der Waals surface area contributed by atoms with Gasteiger partial charge in [-0.05, 0) is 55.4 Å². The summed E-state index contributed by atoms with van der Waals surface area (Å²) in [5.41, 5.74) is 3.24. The molecule has 0 bridgehead atoms. The van der Waals surface area contributed by atoms with Crippen LogP contribution in [0.5, 0.6) is 0 Å². The van der Waals surface area contributed by atoms with Crippen molar-refractivity contribution in [2.75, 3.05) is 18.5 Å². The van der Waals surface area contributed by atoms with Crippen molar-refractivity contribution < 1.29 is 23.9 Å². The lowest BCUT2D eigenvalue weighted by atomic mass is 10.1. The van der Waals surface area contributed by atoms with Crippen LogP contribution in [0.25, 0.3) is 17.0 Å². The molecule has 1 N–H and O–H groups in total. The summed E-state index contributed by atoms with van der Waals surface area (Å²) in [6.45, 7) is 3.74. The molecule has 1 aliphatic heterocycles. The van der Waals surface area contributed by atoms with Gasteiger partial charge in [0.25, 0.3) is 11.1 Å². The lowest BCUT2D eigenvalue weighted by molar-refractivity contribution is -0.127. The number of hydrogen-bond acceptors (Lipinski definition) is 6. The number of anilines is 1. The van der Waals surface area contributed by atoms with E-state index in [0.29, 0.717) is 5.69 Å². The van der Waals surface area contributed by atoms with Crippen molar-refractivity contribution in [2.45, 2.75) is 26.7 Å². The van der Waals surface area contributed by atoms with Crippen LogP contribution in [0, 0.1) is 6.92 Å². The first-order chi connectivity index (χ1) is 17.7. The number of fused-ring (bicyclic) bond motifs is 1. The van der Waals surface area contributed by atoms with Gasteiger partial charge < -0.3 is 14.6 Å². The third-order valence-electron chi connectivity index (χ3n) is 6.10. The largest absolute Gasteiger partial charge is 0.462 e. The number of carbonyl (C=O) groups excluding carboxylic acids is 4. The molecule has 2 aromatic carbocycles. The first kappa shape index (κ1) is 26.5. The number of ether oxygens (including phenoxy) is 1. The molecule has 0 unspecified atom stereocenters. The van der Waals surface area contributed by atoms with Crippen LogP contribution in [-0.4, -0.2) is 45.6 Å². The van der Waals surface area contributed by atoms with Gasteiger partial charge in [-0.15, -0.1) is 0 Å². The number of benzene rings is 2. The molecular weight excluding hydrogens is 514 g/mol. The number of aromatic nitrogens is 1. The van der Waals surface area contributed by atoms with Gasteiger partial charge in [-0.3, -0.25) is 19.3 Å². The highest BCUT2D eigenvalue weighted by Gasteiger charge is 2.36. The van der Waals surface area contributed by atoms with E-state index in [-0.39, 0.29) is 22.1 Å². The number of esters is 1. The third-order valence-corrected chi connectivity index (χ3v) is 7.34. The van der Waals surface area contributed by atoms with E-state index in [9.17, 15) is 19.2 Å². The van der Waals surface area contributed by atoms with Gasteiger partial charge in [-0.25, -0.2) is 4.79 Å². The van der Waals surface area contributed by atoms with E-state index in [0.717, 1.165) is 51.7 Å². The number of aryl methyl sites for hydroxylation is 1. The molecule has 2 heterocycles. The Morgan fingerprint density at radius 2 is 1.92 bits per heavy atom. The van der Waals surface area contributed by atoms with Gasteiger partial charge in [0, 0.05) is 34.9 Å². The van der Waals surface area contributed by atoms with E-state index in [4.69, 9.17) is 16.3 Å². The molecule has 0 aliphatic carbocycles. The van der Waals surface area contributed by atoms with Crippen molar-refractivity contribution in [2.24, 2.45) is 7.05 Å². The Morgan fingerprint density at radius 1 is 1.16 bits per heavy atom. The van der Waals surface area contributed by atoms with Crippen LogP contribution in [0.2, 0.25) is 5.02 Å². The molecule has 1 aromatic heterocycles. The number of hydrogen-bond donors (Lipinski definition) is 1. The fourth-order valence-corrected chi connectivity index (χ4v) is 5.01. The zero-order chi connectivity index (χ0) is 26.7. The molecule has 3 amide bonds. The van der Waals surface area contributed by atoms with E-state index in [1.165, 1.54) is 18.2 Å². The van der Waals surface area contributed by atoms with Crippen LogP contribution in [0.1, 0.15) is 41.4 Å². The normalized spacial score (nSPS) is 14.6. The van der Waals surface area contributed by atoms with Crippen LogP contribution in [0.4, 0.5) is 10.5 Å². The Labute approximate surface area is 223 Å². The minimum atomic E-state index is -0.589. The first-order valence-corrected chi connectivity index (χ1v) is 13.0. The number of thioether (sulfide) groups is 1. The third kappa shape index (κ3) is 5.57. The van der Waals surface area contributed by atoms with Gasteiger partial charge in [0.05, 0.1) is 22.1 Å². The highest BCUT2D eigenvalue weighted by molar-refractivity contribution is 8.18. The van der Waals surface area contributed by atoms with Crippen molar-refractivity contribution in [3.8, 4) is 0 Å². The molecule has 4 rings (SSSR count). The van der Waals surface area contributed by atoms with Crippen LogP contribution < -0.4 is 5.32 Å². The molecule has 37 heavy (non-hydrogen) atoms. The summed E-state index contributed by atoms with van der Waals surface area (Å²) in [5.74, 6) is -1.71. The van der Waals surface area contributed by atoms with Gasteiger partial charge in [0.2, 0.25) is 5.91 Å².